The molecule has 2 aromatic heterocycles. The molecule has 3 heterocycles. The van der Waals surface area contributed by atoms with Crippen LogP contribution < -0.4 is 4.74 Å². The van der Waals surface area contributed by atoms with E-state index in [1.54, 1.807) is 13.2 Å². The van der Waals surface area contributed by atoms with Crippen LogP contribution in [-0.4, -0.2) is 34.8 Å². The third kappa shape index (κ3) is 3.17. The Bertz CT molecular complexity index is 991. The van der Waals surface area contributed by atoms with Gasteiger partial charge in [0.25, 0.3) is 5.91 Å². The lowest BCUT2D eigenvalue weighted by atomic mass is 10.0. The van der Waals surface area contributed by atoms with Gasteiger partial charge in [-0.25, -0.2) is 0 Å². The molecule has 0 saturated carbocycles. The lowest BCUT2D eigenvalue weighted by molar-refractivity contribution is 0.0692. The smallest absolute Gasteiger partial charge is 0.293 e. The lowest BCUT2D eigenvalue weighted by Gasteiger charge is -2.23. The predicted molar refractivity (Wildman–Crippen MR) is 102 cm³/mol. The Hall–Kier alpha value is -3.09. The molecule has 1 saturated heterocycles. The van der Waals surface area contributed by atoms with E-state index in [0.717, 1.165) is 47.6 Å². The summed E-state index contributed by atoms with van der Waals surface area (Å²) in [5.74, 6) is 1.64. The summed E-state index contributed by atoms with van der Waals surface area (Å²) in [6, 6.07) is 9.14. The molecule has 0 spiro atoms. The van der Waals surface area contributed by atoms with Crippen molar-refractivity contribution in [3.63, 3.8) is 0 Å². The van der Waals surface area contributed by atoms with Crippen molar-refractivity contribution in [1.82, 2.24) is 15.2 Å². The minimum Gasteiger partial charge on any atom is -0.497 e. The van der Waals surface area contributed by atoms with E-state index in [1.807, 2.05) is 43.0 Å². The third-order valence-corrected chi connectivity index (χ3v) is 5.24. The van der Waals surface area contributed by atoms with E-state index in [4.69, 9.17) is 13.8 Å². The molecule has 0 aliphatic carbocycles. The molecule has 4 rings (SSSR count). The molecule has 3 aromatic rings. The van der Waals surface area contributed by atoms with Gasteiger partial charge in [-0.05, 0) is 31.9 Å². The highest BCUT2D eigenvalue weighted by atomic mass is 16.5. The SMILES string of the molecule is CCc1onc(C)c1[C@@H]1CCCN1C(=O)c1cc(-c2cccc(OC)c2)no1. The number of nitrogens with zero attached hydrogens (tertiary/aromatic N) is 3. The molecular weight excluding hydrogens is 358 g/mol. The number of aryl methyl sites for hydroxylation is 2. The summed E-state index contributed by atoms with van der Waals surface area (Å²) in [7, 11) is 1.61. The fraction of sp³-hybridized carbons (Fsp3) is 0.381. The fourth-order valence-corrected chi connectivity index (χ4v) is 3.85. The molecule has 1 aromatic carbocycles. The molecule has 0 radical (unpaired) electrons. The van der Waals surface area contributed by atoms with Crippen LogP contribution in [0, 0.1) is 6.92 Å². The number of aromatic nitrogens is 2. The van der Waals surface area contributed by atoms with Gasteiger partial charge in [0.15, 0.2) is 0 Å². The van der Waals surface area contributed by atoms with Crippen molar-refractivity contribution in [2.24, 2.45) is 0 Å². The molecular formula is C21H23N3O4. The monoisotopic (exact) mass is 381 g/mol. The molecule has 146 valence electrons. The van der Waals surface area contributed by atoms with Crippen LogP contribution in [0.4, 0.5) is 0 Å². The Morgan fingerprint density at radius 2 is 2.14 bits per heavy atom. The third-order valence-electron chi connectivity index (χ3n) is 5.24. The second kappa shape index (κ2) is 7.50. The van der Waals surface area contributed by atoms with Gasteiger partial charge in [0.2, 0.25) is 5.76 Å². The van der Waals surface area contributed by atoms with E-state index in [9.17, 15) is 4.79 Å². The number of carbonyl (C=O) groups excluding carboxylic acids is 1. The highest BCUT2D eigenvalue weighted by Crippen LogP contribution is 2.37. The van der Waals surface area contributed by atoms with Gasteiger partial charge in [0.1, 0.15) is 17.2 Å². The highest BCUT2D eigenvalue weighted by molar-refractivity contribution is 5.93. The normalized spacial score (nSPS) is 16.5. The Morgan fingerprint density at radius 1 is 1.29 bits per heavy atom. The van der Waals surface area contributed by atoms with Gasteiger partial charge in [-0.15, -0.1) is 0 Å². The van der Waals surface area contributed by atoms with Crippen LogP contribution in [0.15, 0.2) is 39.4 Å². The number of benzene rings is 1. The van der Waals surface area contributed by atoms with Crippen molar-refractivity contribution in [3.05, 3.63) is 53.1 Å². The van der Waals surface area contributed by atoms with Crippen molar-refractivity contribution in [2.75, 3.05) is 13.7 Å². The quantitative estimate of drug-likeness (QED) is 0.659. The second-order valence-corrected chi connectivity index (χ2v) is 6.92. The van der Waals surface area contributed by atoms with Gasteiger partial charge in [0.05, 0.1) is 18.8 Å². The number of rotatable bonds is 5. The molecule has 7 nitrogen and oxygen atoms in total. The summed E-state index contributed by atoms with van der Waals surface area (Å²) in [5, 5.41) is 8.18. The van der Waals surface area contributed by atoms with Crippen LogP contribution in [-0.2, 0) is 6.42 Å². The topological polar surface area (TPSA) is 81.6 Å². The number of carbonyl (C=O) groups is 1. The molecule has 1 aliphatic rings. The highest BCUT2D eigenvalue weighted by Gasteiger charge is 2.36. The van der Waals surface area contributed by atoms with Crippen LogP contribution in [0.1, 0.15) is 53.4 Å². The van der Waals surface area contributed by atoms with Crippen molar-refractivity contribution < 1.29 is 18.6 Å². The molecule has 1 fully saturated rings. The summed E-state index contributed by atoms with van der Waals surface area (Å²) in [4.78, 5) is 15.0. The standard InChI is InChI=1S/C21H23N3O4/c1-4-18-20(13(2)22-27-18)17-9-6-10-24(17)21(25)19-12-16(23-28-19)14-7-5-8-15(11-14)26-3/h5,7-8,11-12,17H,4,6,9-10H2,1-3H3/t17-/m0/s1. The Balaban J connectivity index is 1.60. The molecule has 1 amide bonds. The zero-order valence-electron chi connectivity index (χ0n) is 16.3. The number of amides is 1. The maximum atomic E-state index is 13.1. The largest absolute Gasteiger partial charge is 0.497 e. The number of methoxy groups -OCH3 is 1. The zero-order chi connectivity index (χ0) is 19.7. The van der Waals surface area contributed by atoms with Gasteiger partial charge in [0, 0.05) is 30.2 Å². The summed E-state index contributed by atoms with van der Waals surface area (Å²) in [6.07, 6.45) is 2.57. The van der Waals surface area contributed by atoms with Gasteiger partial charge < -0.3 is 18.7 Å². The summed E-state index contributed by atoms with van der Waals surface area (Å²) in [6.45, 7) is 4.63. The average molecular weight is 381 g/mol. The Labute approximate surface area is 163 Å². The van der Waals surface area contributed by atoms with E-state index in [-0.39, 0.29) is 17.7 Å². The number of ether oxygens (including phenoxy) is 1. The van der Waals surface area contributed by atoms with E-state index < -0.39 is 0 Å². The first-order valence-corrected chi connectivity index (χ1v) is 9.49. The lowest BCUT2D eigenvalue weighted by Crippen LogP contribution is -2.30. The molecule has 0 N–H and O–H groups in total. The molecule has 0 unspecified atom stereocenters. The maximum Gasteiger partial charge on any atom is 0.293 e. The Kier molecular flexibility index (Phi) is 4.90. The van der Waals surface area contributed by atoms with E-state index in [2.05, 4.69) is 10.3 Å². The first kappa shape index (κ1) is 18.3. The summed E-state index contributed by atoms with van der Waals surface area (Å²) < 4.78 is 16.1. The van der Waals surface area contributed by atoms with Gasteiger partial charge in [-0.3, -0.25) is 4.79 Å². The van der Waals surface area contributed by atoms with Gasteiger partial charge >= 0.3 is 0 Å². The Morgan fingerprint density at radius 3 is 2.93 bits per heavy atom. The van der Waals surface area contributed by atoms with E-state index in [1.165, 1.54) is 0 Å². The number of hydrogen-bond donors (Lipinski definition) is 0. The average Bonchev–Trinajstić information content (AvgIpc) is 3.46. The van der Waals surface area contributed by atoms with Crippen LogP contribution in [0.3, 0.4) is 0 Å². The first-order chi connectivity index (χ1) is 13.6. The first-order valence-electron chi connectivity index (χ1n) is 9.49. The van der Waals surface area contributed by atoms with Crippen LogP contribution in [0.25, 0.3) is 11.3 Å². The summed E-state index contributed by atoms with van der Waals surface area (Å²) >= 11 is 0. The van der Waals surface area contributed by atoms with Crippen LogP contribution in [0.5, 0.6) is 5.75 Å². The molecule has 28 heavy (non-hydrogen) atoms. The van der Waals surface area contributed by atoms with Gasteiger partial charge in [-0.1, -0.05) is 29.4 Å². The predicted octanol–water partition coefficient (Wildman–Crippen LogP) is 4.19. The van der Waals surface area contributed by atoms with Crippen molar-refractivity contribution >= 4 is 5.91 Å². The molecule has 7 heteroatoms. The van der Waals surface area contributed by atoms with E-state index >= 15 is 0 Å². The zero-order valence-corrected chi connectivity index (χ0v) is 16.3. The van der Waals surface area contributed by atoms with Crippen molar-refractivity contribution in [2.45, 2.75) is 39.2 Å². The van der Waals surface area contributed by atoms with E-state index in [0.29, 0.717) is 12.2 Å². The molecule has 1 aliphatic heterocycles. The number of hydrogen-bond acceptors (Lipinski definition) is 6. The van der Waals surface area contributed by atoms with Crippen molar-refractivity contribution in [1.29, 1.82) is 0 Å². The van der Waals surface area contributed by atoms with Crippen molar-refractivity contribution in [3.8, 4) is 17.0 Å². The van der Waals surface area contributed by atoms with Gasteiger partial charge in [-0.2, -0.15) is 0 Å². The molecule has 1 atom stereocenters. The minimum atomic E-state index is -0.160. The van der Waals surface area contributed by atoms with Crippen LogP contribution in [0.2, 0.25) is 0 Å². The number of likely N-dealkylation sites (tertiary alicyclic amines) is 1. The maximum absolute atomic E-state index is 13.1. The minimum absolute atomic E-state index is 0.0425. The summed E-state index contributed by atoms with van der Waals surface area (Å²) in [5.41, 5.74) is 3.31. The molecule has 0 bridgehead atoms. The van der Waals surface area contributed by atoms with Crippen LogP contribution >= 0.6 is 0 Å². The fourth-order valence-electron chi connectivity index (χ4n) is 3.85. The second-order valence-electron chi connectivity index (χ2n) is 6.92.